The summed E-state index contributed by atoms with van der Waals surface area (Å²) in [6.45, 7) is 2.26. The van der Waals surface area contributed by atoms with E-state index < -0.39 is 18.1 Å². The van der Waals surface area contributed by atoms with Crippen LogP contribution in [0.2, 0.25) is 0 Å². The molecule has 2 N–H and O–H groups in total. The third-order valence-corrected chi connectivity index (χ3v) is 7.15. The third kappa shape index (κ3) is 12.9. The van der Waals surface area contributed by atoms with Crippen molar-refractivity contribution >= 4 is 23.8 Å². The fourth-order valence-corrected chi connectivity index (χ4v) is 4.94. The minimum atomic E-state index is -0.850. The van der Waals surface area contributed by atoms with Gasteiger partial charge in [-0.1, -0.05) is 67.4 Å². The number of nitrogens with one attached hydrogen (secondary N) is 2. The Morgan fingerprint density at radius 2 is 1.55 bits per heavy atom. The molecule has 228 valence electrons. The summed E-state index contributed by atoms with van der Waals surface area (Å²) in [6.07, 6.45) is 7.80. The highest BCUT2D eigenvalue weighted by Gasteiger charge is 2.27. The molecule has 2 aromatic rings. The number of hydrogen-bond donors (Lipinski definition) is 2. The molecule has 1 fully saturated rings. The minimum absolute atomic E-state index is 0.0144. The number of alkyl carbamates (subject to hydrolysis) is 1. The average Bonchev–Trinajstić information content (AvgIpc) is 3.50. The zero-order valence-electron chi connectivity index (χ0n) is 24.6. The zero-order valence-corrected chi connectivity index (χ0v) is 24.6. The van der Waals surface area contributed by atoms with Crippen LogP contribution in [0.4, 0.5) is 4.79 Å². The van der Waals surface area contributed by atoms with Crippen molar-refractivity contribution in [3.8, 4) is 0 Å². The largest absolute Gasteiger partial charge is 0.461 e. The number of benzene rings is 2. The summed E-state index contributed by atoms with van der Waals surface area (Å²) in [6, 6.07) is 16.0. The number of hydrogen-bond acceptors (Lipinski definition) is 7. The zero-order chi connectivity index (χ0) is 30.0. The molecule has 1 saturated carbocycles. The van der Waals surface area contributed by atoms with Gasteiger partial charge in [-0.15, -0.1) is 0 Å². The van der Waals surface area contributed by atoms with Crippen LogP contribution in [0.15, 0.2) is 54.6 Å². The van der Waals surface area contributed by atoms with Crippen molar-refractivity contribution in [2.24, 2.45) is 0 Å². The van der Waals surface area contributed by atoms with Gasteiger partial charge in [0, 0.05) is 25.7 Å². The highest BCUT2D eigenvalue weighted by molar-refractivity contribution is 5.82. The van der Waals surface area contributed by atoms with Crippen LogP contribution in [-0.2, 0) is 48.1 Å². The lowest BCUT2D eigenvalue weighted by Crippen LogP contribution is -2.44. The van der Waals surface area contributed by atoms with E-state index in [0.29, 0.717) is 32.3 Å². The van der Waals surface area contributed by atoms with E-state index in [0.717, 1.165) is 68.1 Å². The van der Waals surface area contributed by atoms with Gasteiger partial charge in [0.1, 0.15) is 24.5 Å². The summed E-state index contributed by atoms with van der Waals surface area (Å²) in [5.74, 6) is -0.428. The summed E-state index contributed by atoms with van der Waals surface area (Å²) in [5, 5.41) is 2.69. The fraction of sp³-hybridized carbons (Fsp3) is 0.515. The Bertz CT molecular complexity index is 1130. The molecule has 0 bridgehead atoms. The number of ketones is 1. The van der Waals surface area contributed by atoms with Crippen molar-refractivity contribution in [3.63, 3.8) is 0 Å². The van der Waals surface area contributed by atoms with Crippen molar-refractivity contribution in [3.05, 3.63) is 71.3 Å². The molecule has 0 aliphatic heterocycles. The normalized spacial score (nSPS) is 13.7. The van der Waals surface area contributed by atoms with Gasteiger partial charge in [-0.3, -0.25) is 14.4 Å². The fourth-order valence-electron chi connectivity index (χ4n) is 4.94. The third-order valence-electron chi connectivity index (χ3n) is 7.15. The molecular weight excluding hydrogens is 536 g/mol. The summed E-state index contributed by atoms with van der Waals surface area (Å²) in [7, 11) is 0. The van der Waals surface area contributed by atoms with Crippen LogP contribution < -0.4 is 10.8 Å². The van der Waals surface area contributed by atoms with E-state index >= 15 is 0 Å². The number of Topliss-reactive ketones (excluding diaryl/α,β-unsaturated/α-hetero) is 1. The smallest absolute Gasteiger partial charge is 0.408 e. The van der Waals surface area contributed by atoms with Gasteiger partial charge < -0.3 is 14.8 Å². The summed E-state index contributed by atoms with van der Waals surface area (Å²) < 4.78 is 11.1. The highest BCUT2D eigenvalue weighted by atomic mass is 16.6. The predicted molar refractivity (Wildman–Crippen MR) is 158 cm³/mol. The van der Waals surface area contributed by atoms with Gasteiger partial charge in [-0.2, -0.15) is 0 Å². The van der Waals surface area contributed by atoms with Crippen molar-refractivity contribution in [1.82, 2.24) is 10.8 Å². The molecule has 1 aliphatic rings. The number of rotatable bonds is 18. The molecule has 42 heavy (non-hydrogen) atoms. The molecule has 2 aromatic carbocycles. The van der Waals surface area contributed by atoms with E-state index in [4.69, 9.17) is 14.3 Å². The Morgan fingerprint density at radius 3 is 2.29 bits per heavy atom. The first kappa shape index (κ1) is 32.8. The number of carbonyl (C=O) groups is 4. The van der Waals surface area contributed by atoms with Gasteiger partial charge >= 0.3 is 12.1 Å². The molecule has 2 amide bonds. The van der Waals surface area contributed by atoms with Crippen LogP contribution in [0.3, 0.4) is 0 Å². The standard InChI is InChI=1S/C33H44N2O7/c1-2-41-35-31(37)20-9-4-3-8-17-28(36)22-26-15-12-16-27(21-26)24-40-33(39)34-30(23-25-13-6-5-7-14-25)32(38)42-29-18-10-11-19-29/h5-7,12-16,21,29-30H,2-4,8-11,17-20,22-24H2,1H3,(H,34,39)(H,35,37)/t30-/m0/s1. The van der Waals surface area contributed by atoms with Crippen LogP contribution in [0.5, 0.6) is 0 Å². The number of esters is 1. The Morgan fingerprint density at radius 1 is 0.857 bits per heavy atom. The van der Waals surface area contributed by atoms with Gasteiger partial charge in [0.25, 0.3) is 0 Å². The summed E-state index contributed by atoms with van der Waals surface area (Å²) in [4.78, 5) is 54.5. The van der Waals surface area contributed by atoms with Crippen LogP contribution in [-0.4, -0.2) is 42.5 Å². The molecule has 9 heteroatoms. The van der Waals surface area contributed by atoms with Crippen LogP contribution in [0.25, 0.3) is 0 Å². The quantitative estimate of drug-likeness (QED) is 0.135. The topological polar surface area (TPSA) is 120 Å². The first-order chi connectivity index (χ1) is 20.4. The molecule has 9 nitrogen and oxygen atoms in total. The Kier molecular flexibility index (Phi) is 14.6. The van der Waals surface area contributed by atoms with Crippen LogP contribution in [0.1, 0.15) is 87.8 Å². The van der Waals surface area contributed by atoms with E-state index in [1.165, 1.54) is 0 Å². The second-order valence-electron chi connectivity index (χ2n) is 10.7. The van der Waals surface area contributed by atoms with Gasteiger partial charge in [-0.05, 0) is 62.1 Å². The average molecular weight is 581 g/mol. The van der Waals surface area contributed by atoms with E-state index in [9.17, 15) is 19.2 Å². The lowest BCUT2D eigenvalue weighted by Gasteiger charge is -2.20. The van der Waals surface area contributed by atoms with Crippen molar-refractivity contribution in [2.75, 3.05) is 6.61 Å². The molecule has 0 spiro atoms. The maximum absolute atomic E-state index is 12.9. The molecule has 0 heterocycles. The van der Waals surface area contributed by atoms with E-state index in [-0.39, 0.29) is 24.4 Å². The Labute approximate surface area is 248 Å². The second-order valence-corrected chi connectivity index (χ2v) is 10.7. The SMILES string of the molecule is CCONC(=O)CCCCCCC(=O)Cc1cccc(COC(=O)N[C@@H](Cc2ccccc2)C(=O)OC2CCCC2)c1. The monoisotopic (exact) mass is 580 g/mol. The molecule has 0 unspecified atom stereocenters. The first-order valence-corrected chi connectivity index (χ1v) is 15.1. The number of amides is 2. The van der Waals surface area contributed by atoms with Gasteiger partial charge in [-0.25, -0.2) is 15.1 Å². The first-order valence-electron chi connectivity index (χ1n) is 15.1. The van der Waals surface area contributed by atoms with E-state index in [1.807, 2.05) is 61.5 Å². The van der Waals surface area contributed by atoms with Gasteiger partial charge in [0.15, 0.2) is 0 Å². The van der Waals surface area contributed by atoms with Crippen LogP contribution >= 0.6 is 0 Å². The molecule has 1 atom stereocenters. The van der Waals surface area contributed by atoms with Crippen molar-refractivity contribution < 1.29 is 33.5 Å². The van der Waals surface area contributed by atoms with Gasteiger partial charge in [0.05, 0.1) is 6.61 Å². The lowest BCUT2D eigenvalue weighted by atomic mass is 10.0. The van der Waals surface area contributed by atoms with Crippen molar-refractivity contribution in [1.29, 1.82) is 0 Å². The highest BCUT2D eigenvalue weighted by Crippen LogP contribution is 2.22. The molecule has 0 aromatic heterocycles. The van der Waals surface area contributed by atoms with Gasteiger partial charge in [0.2, 0.25) is 5.91 Å². The van der Waals surface area contributed by atoms with Crippen molar-refractivity contribution in [2.45, 2.75) is 103 Å². The predicted octanol–water partition coefficient (Wildman–Crippen LogP) is 5.53. The minimum Gasteiger partial charge on any atom is -0.461 e. The molecule has 3 rings (SSSR count). The Balaban J connectivity index is 1.40. The molecular formula is C33H44N2O7. The maximum Gasteiger partial charge on any atom is 0.408 e. The number of unbranched alkanes of at least 4 members (excludes halogenated alkanes) is 3. The molecule has 0 saturated heterocycles. The maximum atomic E-state index is 12.9. The summed E-state index contributed by atoms with van der Waals surface area (Å²) >= 11 is 0. The molecule has 0 radical (unpaired) electrons. The Hall–Kier alpha value is -3.72. The second kappa shape index (κ2) is 18.7. The van der Waals surface area contributed by atoms with E-state index in [2.05, 4.69) is 10.8 Å². The summed E-state index contributed by atoms with van der Waals surface area (Å²) in [5.41, 5.74) is 4.91. The molecule has 1 aliphatic carbocycles. The number of ether oxygens (including phenoxy) is 2. The van der Waals surface area contributed by atoms with Crippen LogP contribution in [0, 0.1) is 0 Å². The number of carbonyl (C=O) groups excluding carboxylic acids is 4. The lowest BCUT2D eigenvalue weighted by molar-refractivity contribution is -0.151. The number of hydroxylamine groups is 1. The van der Waals surface area contributed by atoms with E-state index in [1.54, 1.807) is 0 Å².